The molecular weight excluding hydrogens is 252 g/mol. The zero-order valence-electron chi connectivity index (χ0n) is 10.9. The van der Waals surface area contributed by atoms with Crippen LogP contribution in [0.25, 0.3) is 0 Å². The fraction of sp³-hybridized carbons (Fsp3) is 0.308. The van der Waals surface area contributed by atoms with Crippen molar-refractivity contribution in [1.29, 1.82) is 0 Å². The van der Waals surface area contributed by atoms with Crippen molar-refractivity contribution in [2.24, 2.45) is 0 Å². The first-order valence-electron chi connectivity index (χ1n) is 5.49. The number of carbonyl (C=O) groups is 1. The van der Waals surface area contributed by atoms with E-state index in [1.165, 1.54) is 7.11 Å². The summed E-state index contributed by atoms with van der Waals surface area (Å²) in [6.45, 7) is 5.65. The van der Waals surface area contributed by atoms with Crippen molar-refractivity contribution in [2.75, 3.05) is 12.4 Å². The Bertz CT molecular complexity index is 480. The first-order chi connectivity index (χ1) is 8.43. The number of aryl methyl sites for hydroxylation is 1. The zero-order chi connectivity index (χ0) is 13.7. The van der Waals surface area contributed by atoms with E-state index in [2.05, 4.69) is 10.6 Å². The van der Waals surface area contributed by atoms with Gasteiger partial charge < -0.3 is 15.4 Å². The average Bonchev–Trinajstić information content (AvgIpc) is 2.31. The van der Waals surface area contributed by atoms with Crippen molar-refractivity contribution >= 4 is 23.3 Å². The lowest BCUT2D eigenvalue weighted by Gasteiger charge is -2.12. The summed E-state index contributed by atoms with van der Waals surface area (Å²) < 4.78 is 5.17. The Morgan fingerprint density at radius 1 is 1.39 bits per heavy atom. The standard InChI is InChI=1S/C13H17ClN2O2/c1-8(2)7-15-13(17)16-11-5-9(3)10(14)6-12(11)18-4/h5-7H,1-4H3,(H2,15,16,17). The number of hydrogen-bond donors (Lipinski definition) is 2. The number of methoxy groups -OCH3 is 1. The number of anilines is 1. The van der Waals surface area contributed by atoms with Crippen LogP contribution >= 0.6 is 11.6 Å². The summed E-state index contributed by atoms with van der Waals surface area (Å²) in [6, 6.07) is 3.12. The smallest absolute Gasteiger partial charge is 0.323 e. The van der Waals surface area contributed by atoms with Crippen molar-refractivity contribution in [2.45, 2.75) is 20.8 Å². The van der Waals surface area contributed by atoms with Crippen LogP contribution in [0.5, 0.6) is 5.75 Å². The molecule has 0 aliphatic carbocycles. The number of ether oxygens (including phenoxy) is 1. The fourth-order valence-electron chi connectivity index (χ4n) is 1.30. The molecule has 0 fully saturated rings. The molecule has 1 rings (SSSR count). The highest BCUT2D eigenvalue weighted by molar-refractivity contribution is 6.31. The van der Waals surface area contributed by atoms with Crippen LogP contribution in [0.4, 0.5) is 10.5 Å². The van der Waals surface area contributed by atoms with Crippen LogP contribution < -0.4 is 15.4 Å². The van der Waals surface area contributed by atoms with E-state index < -0.39 is 0 Å². The molecule has 5 heteroatoms. The molecule has 0 spiro atoms. The Morgan fingerprint density at radius 3 is 2.61 bits per heavy atom. The summed E-state index contributed by atoms with van der Waals surface area (Å²) in [5, 5.41) is 5.92. The zero-order valence-corrected chi connectivity index (χ0v) is 11.7. The maximum atomic E-state index is 11.6. The topological polar surface area (TPSA) is 50.4 Å². The molecule has 18 heavy (non-hydrogen) atoms. The van der Waals surface area contributed by atoms with Crippen LogP contribution in [0.3, 0.4) is 0 Å². The third-order valence-electron chi connectivity index (χ3n) is 2.22. The Morgan fingerprint density at radius 2 is 2.06 bits per heavy atom. The van der Waals surface area contributed by atoms with Crippen molar-refractivity contribution in [3.8, 4) is 5.75 Å². The van der Waals surface area contributed by atoms with E-state index in [-0.39, 0.29) is 6.03 Å². The lowest BCUT2D eigenvalue weighted by Crippen LogP contribution is -2.24. The number of allylic oxidation sites excluding steroid dienone is 1. The molecule has 0 radical (unpaired) electrons. The summed E-state index contributed by atoms with van der Waals surface area (Å²) >= 11 is 5.99. The fourth-order valence-corrected chi connectivity index (χ4v) is 1.45. The summed E-state index contributed by atoms with van der Waals surface area (Å²) in [5.74, 6) is 0.526. The van der Waals surface area contributed by atoms with Gasteiger partial charge in [0.2, 0.25) is 0 Å². The number of benzene rings is 1. The van der Waals surface area contributed by atoms with Gasteiger partial charge in [0, 0.05) is 17.3 Å². The molecule has 0 saturated carbocycles. The van der Waals surface area contributed by atoms with Crippen molar-refractivity contribution in [3.05, 3.63) is 34.5 Å². The molecule has 0 aliphatic heterocycles. The van der Waals surface area contributed by atoms with Crippen LogP contribution in [0.15, 0.2) is 23.9 Å². The van der Waals surface area contributed by atoms with E-state index in [0.717, 1.165) is 11.1 Å². The predicted molar refractivity (Wildman–Crippen MR) is 74.3 cm³/mol. The van der Waals surface area contributed by atoms with Crippen LogP contribution in [0, 0.1) is 6.92 Å². The van der Waals surface area contributed by atoms with Gasteiger partial charge >= 0.3 is 6.03 Å². The summed E-state index contributed by atoms with van der Waals surface area (Å²) in [6.07, 6.45) is 1.63. The second-order valence-electron chi connectivity index (χ2n) is 4.12. The van der Waals surface area contributed by atoms with Gasteiger partial charge in [0.05, 0.1) is 12.8 Å². The molecule has 0 saturated heterocycles. The number of rotatable bonds is 3. The molecule has 0 aliphatic rings. The van der Waals surface area contributed by atoms with E-state index in [1.807, 2.05) is 20.8 Å². The normalized spacial score (nSPS) is 9.61. The van der Waals surface area contributed by atoms with Crippen LogP contribution in [-0.2, 0) is 0 Å². The molecule has 0 atom stereocenters. The van der Waals surface area contributed by atoms with Gasteiger partial charge in [-0.25, -0.2) is 4.79 Å². The van der Waals surface area contributed by atoms with E-state index in [9.17, 15) is 4.79 Å². The highest BCUT2D eigenvalue weighted by atomic mass is 35.5. The first kappa shape index (κ1) is 14.4. The van der Waals surface area contributed by atoms with Crippen molar-refractivity contribution < 1.29 is 9.53 Å². The summed E-state index contributed by atoms with van der Waals surface area (Å²) in [7, 11) is 1.53. The van der Waals surface area contributed by atoms with E-state index in [0.29, 0.717) is 16.5 Å². The average molecular weight is 269 g/mol. The van der Waals surface area contributed by atoms with Gasteiger partial charge in [0.1, 0.15) is 5.75 Å². The quantitative estimate of drug-likeness (QED) is 0.878. The summed E-state index contributed by atoms with van der Waals surface area (Å²) in [4.78, 5) is 11.6. The van der Waals surface area contributed by atoms with Gasteiger partial charge in [-0.2, -0.15) is 0 Å². The van der Waals surface area contributed by atoms with Gasteiger partial charge in [-0.1, -0.05) is 17.2 Å². The Hall–Kier alpha value is -1.68. The number of carbonyl (C=O) groups excluding carboxylic acids is 1. The third kappa shape index (κ3) is 3.96. The molecule has 0 bridgehead atoms. The van der Waals surface area contributed by atoms with Crippen molar-refractivity contribution in [3.63, 3.8) is 0 Å². The third-order valence-corrected chi connectivity index (χ3v) is 2.63. The maximum absolute atomic E-state index is 11.6. The van der Waals surface area contributed by atoms with Crippen LogP contribution in [0.1, 0.15) is 19.4 Å². The minimum atomic E-state index is -0.323. The molecule has 2 amide bonds. The monoisotopic (exact) mass is 268 g/mol. The number of amides is 2. The Balaban J connectivity index is 2.87. The second kappa shape index (κ2) is 6.31. The van der Waals surface area contributed by atoms with Crippen LogP contribution in [0.2, 0.25) is 5.02 Å². The molecule has 1 aromatic carbocycles. The molecule has 4 nitrogen and oxygen atoms in total. The highest BCUT2D eigenvalue weighted by Crippen LogP contribution is 2.30. The minimum Gasteiger partial charge on any atom is -0.495 e. The van der Waals surface area contributed by atoms with E-state index in [1.54, 1.807) is 18.3 Å². The maximum Gasteiger partial charge on any atom is 0.323 e. The van der Waals surface area contributed by atoms with E-state index in [4.69, 9.17) is 16.3 Å². The van der Waals surface area contributed by atoms with Gasteiger partial charge in [0.25, 0.3) is 0 Å². The largest absolute Gasteiger partial charge is 0.495 e. The number of hydrogen-bond acceptors (Lipinski definition) is 2. The lowest BCUT2D eigenvalue weighted by atomic mass is 10.2. The molecule has 0 heterocycles. The minimum absolute atomic E-state index is 0.323. The van der Waals surface area contributed by atoms with E-state index >= 15 is 0 Å². The molecule has 0 unspecified atom stereocenters. The number of urea groups is 1. The van der Waals surface area contributed by atoms with Gasteiger partial charge in [-0.15, -0.1) is 0 Å². The first-order valence-corrected chi connectivity index (χ1v) is 5.87. The van der Waals surface area contributed by atoms with Gasteiger partial charge in [-0.3, -0.25) is 0 Å². The number of nitrogens with one attached hydrogen (secondary N) is 2. The molecule has 98 valence electrons. The van der Waals surface area contributed by atoms with Gasteiger partial charge in [0.15, 0.2) is 0 Å². The Kier molecular flexibility index (Phi) is 5.04. The number of halogens is 1. The van der Waals surface area contributed by atoms with Gasteiger partial charge in [-0.05, 0) is 32.4 Å². The second-order valence-corrected chi connectivity index (χ2v) is 4.53. The SMILES string of the molecule is COc1cc(Cl)c(C)cc1NC(=O)NC=C(C)C. The molecular formula is C13H17ClN2O2. The summed E-state index contributed by atoms with van der Waals surface area (Å²) in [5.41, 5.74) is 2.46. The van der Waals surface area contributed by atoms with Crippen LogP contribution in [-0.4, -0.2) is 13.1 Å². The molecule has 0 aromatic heterocycles. The Labute approximate surface area is 112 Å². The lowest BCUT2D eigenvalue weighted by molar-refractivity contribution is 0.255. The molecule has 1 aromatic rings. The predicted octanol–water partition coefficient (Wildman–Crippen LogP) is 3.70. The molecule has 2 N–H and O–H groups in total. The van der Waals surface area contributed by atoms with Crippen molar-refractivity contribution in [1.82, 2.24) is 5.32 Å². The highest BCUT2D eigenvalue weighted by Gasteiger charge is 2.09.